The molecule has 0 atom stereocenters. The van der Waals surface area contributed by atoms with Gasteiger partial charge in [-0.3, -0.25) is 0 Å². The largest absolute Gasteiger partial charge is 0.309 e. The van der Waals surface area contributed by atoms with Crippen LogP contribution in [0.5, 0.6) is 0 Å². The summed E-state index contributed by atoms with van der Waals surface area (Å²) in [7, 11) is 0. The molecular weight excluding hydrogens is 645 g/mol. The second-order valence-corrected chi connectivity index (χ2v) is 15.1. The molecule has 0 amide bonds. The van der Waals surface area contributed by atoms with Gasteiger partial charge in [0, 0.05) is 53.7 Å². The number of nitrogens with zero attached hydrogens (tertiary/aromatic N) is 2. The van der Waals surface area contributed by atoms with Crippen LogP contribution in [-0.4, -0.2) is 0 Å². The molecule has 11 rings (SSSR count). The lowest BCUT2D eigenvalue weighted by Crippen LogP contribution is -2.14. The van der Waals surface area contributed by atoms with Crippen LogP contribution in [0.25, 0.3) is 62.2 Å². The van der Waals surface area contributed by atoms with E-state index in [0.717, 1.165) is 22.7 Å². The van der Waals surface area contributed by atoms with Crippen LogP contribution < -0.4 is 9.80 Å². The van der Waals surface area contributed by atoms with Gasteiger partial charge in [0.2, 0.25) is 0 Å². The number of rotatable bonds is 3. The van der Waals surface area contributed by atoms with Crippen LogP contribution in [-0.2, 0) is 0 Å². The summed E-state index contributed by atoms with van der Waals surface area (Å²) in [4.78, 5) is 4.93. The Balaban J connectivity index is 1.29. The molecule has 1 aliphatic heterocycles. The van der Waals surface area contributed by atoms with Gasteiger partial charge in [-0.25, -0.2) is 0 Å². The molecule has 0 N–H and O–H groups in total. The topological polar surface area (TPSA) is 6.48 Å². The highest BCUT2D eigenvalue weighted by atomic mass is 32.1. The zero-order chi connectivity index (χ0) is 32.8. The van der Waals surface area contributed by atoms with Crippen molar-refractivity contribution < 1.29 is 0 Å². The summed E-state index contributed by atoms with van der Waals surface area (Å²) in [5.74, 6) is 0. The Morgan fingerprint density at radius 3 is 1.76 bits per heavy atom. The van der Waals surface area contributed by atoms with Crippen LogP contribution in [0.3, 0.4) is 0 Å². The fourth-order valence-corrected chi connectivity index (χ4v) is 10.3. The van der Waals surface area contributed by atoms with Crippen molar-refractivity contribution in [3.05, 3.63) is 170 Å². The van der Waals surface area contributed by atoms with Crippen LogP contribution in [0, 0.1) is 0 Å². The third-order valence-electron chi connectivity index (χ3n) is 10.1. The maximum absolute atomic E-state index is 2.48. The second kappa shape index (κ2) is 10.8. The van der Waals surface area contributed by atoms with Crippen molar-refractivity contribution in [1.29, 1.82) is 0 Å². The molecule has 3 heterocycles. The number of fused-ring (bicyclic) bond motifs is 8. The molecule has 0 unspecified atom stereocenters. The van der Waals surface area contributed by atoms with Gasteiger partial charge in [-0.1, -0.05) is 97.1 Å². The lowest BCUT2D eigenvalue weighted by atomic mass is 9.99. The fourth-order valence-electron chi connectivity index (χ4n) is 7.89. The van der Waals surface area contributed by atoms with Crippen molar-refractivity contribution in [3.8, 4) is 11.1 Å². The molecule has 0 fully saturated rings. The van der Waals surface area contributed by atoms with E-state index in [9.17, 15) is 0 Å². The summed E-state index contributed by atoms with van der Waals surface area (Å²) in [6.45, 7) is 0. The standard InChI is InChI=1S/C46H28N2S2/c1-3-13-32(14-4-1)47-34-24-31(29-22-23-43-39(26-29)37-18-9-10-21-42(37)49-43)25-35(28-34)48(33-15-5-2-6-16-33)41-27-30-12-7-8-17-36(30)44-38-19-11-20-40(47)45(38)50-46(41)44/h1-28H. The van der Waals surface area contributed by atoms with Crippen LogP contribution in [0.4, 0.5) is 34.1 Å². The summed E-state index contributed by atoms with van der Waals surface area (Å²) < 4.78 is 5.22. The van der Waals surface area contributed by atoms with E-state index in [-0.39, 0.29) is 0 Å². The first kappa shape index (κ1) is 28.0. The monoisotopic (exact) mass is 672 g/mol. The fraction of sp³-hybridized carbons (Fsp3) is 0. The maximum Gasteiger partial charge on any atom is 0.0646 e. The average molecular weight is 673 g/mol. The van der Waals surface area contributed by atoms with Crippen LogP contribution in [0.1, 0.15) is 0 Å². The number of hydrogen-bond acceptors (Lipinski definition) is 4. The van der Waals surface area contributed by atoms with E-state index in [2.05, 4.69) is 180 Å². The van der Waals surface area contributed by atoms with Crippen LogP contribution in [0.2, 0.25) is 0 Å². The molecular formula is C46H28N2S2. The van der Waals surface area contributed by atoms with E-state index in [1.807, 2.05) is 22.7 Å². The molecule has 0 aliphatic carbocycles. The molecule has 0 saturated heterocycles. The van der Waals surface area contributed by atoms with E-state index in [1.165, 1.54) is 73.6 Å². The van der Waals surface area contributed by atoms with Gasteiger partial charge in [0.15, 0.2) is 0 Å². The second-order valence-electron chi connectivity index (χ2n) is 13.0. The lowest BCUT2D eigenvalue weighted by Gasteiger charge is -2.31. The smallest absolute Gasteiger partial charge is 0.0646 e. The third kappa shape index (κ3) is 4.13. The van der Waals surface area contributed by atoms with Gasteiger partial charge in [-0.05, 0) is 94.7 Å². The normalized spacial score (nSPS) is 12.7. The summed E-state index contributed by atoms with van der Waals surface area (Å²) in [5, 5.41) is 7.76. The number of hydrogen-bond donors (Lipinski definition) is 0. The highest BCUT2D eigenvalue weighted by Crippen LogP contribution is 2.54. The number of anilines is 6. The molecule has 0 saturated carbocycles. The molecule has 234 valence electrons. The van der Waals surface area contributed by atoms with E-state index >= 15 is 0 Å². The van der Waals surface area contributed by atoms with Crippen molar-refractivity contribution >= 4 is 108 Å². The molecule has 0 spiro atoms. The Kier molecular flexibility index (Phi) is 6.03. The number of para-hydroxylation sites is 2. The van der Waals surface area contributed by atoms with Crippen molar-refractivity contribution in [2.75, 3.05) is 9.80 Å². The highest BCUT2D eigenvalue weighted by Gasteiger charge is 2.26. The summed E-state index contributed by atoms with van der Waals surface area (Å²) in [6, 6.07) is 62.7. The van der Waals surface area contributed by atoms with Crippen molar-refractivity contribution in [3.63, 3.8) is 0 Å². The van der Waals surface area contributed by atoms with E-state index in [4.69, 9.17) is 0 Å². The minimum absolute atomic E-state index is 1.13. The minimum Gasteiger partial charge on any atom is -0.309 e. The van der Waals surface area contributed by atoms with Gasteiger partial charge in [-0.15, -0.1) is 22.7 Å². The summed E-state index contributed by atoms with van der Waals surface area (Å²) >= 11 is 3.77. The van der Waals surface area contributed by atoms with Gasteiger partial charge in [0.1, 0.15) is 0 Å². The van der Waals surface area contributed by atoms with Gasteiger partial charge in [0.05, 0.1) is 20.8 Å². The Morgan fingerprint density at radius 2 is 0.980 bits per heavy atom. The quantitative estimate of drug-likeness (QED) is 0.184. The van der Waals surface area contributed by atoms with Gasteiger partial charge in [-0.2, -0.15) is 0 Å². The molecule has 1 aliphatic rings. The first-order valence-electron chi connectivity index (χ1n) is 16.9. The van der Waals surface area contributed by atoms with E-state index in [0.29, 0.717) is 0 Å². The Hall–Kier alpha value is -5.94. The predicted molar refractivity (Wildman–Crippen MR) is 218 cm³/mol. The Labute approximate surface area is 297 Å². The first-order valence-corrected chi connectivity index (χ1v) is 18.6. The van der Waals surface area contributed by atoms with Gasteiger partial charge >= 0.3 is 0 Å². The minimum atomic E-state index is 1.13. The van der Waals surface area contributed by atoms with Crippen LogP contribution >= 0.6 is 22.7 Å². The molecule has 2 aromatic heterocycles. The summed E-state index contributed by atoms with van der Waals surface area (Å²) in [6.07, 6.45) is 0. The Morgan fingerprint density at radius 1 is 0.340 bits per heavy atom. The third-order valence-corrected chi connectivity index (χ3v) is 12.5. The van der Waals surface area contributed by atoms with Crippen molar-refractivity contribution in [2.24, 2.45) is 0 Å². The van der Waals surface area contributed by atoms with Crippen molar-refractivity contribution in [1.82, 2.24) is 0 Å². The SMILES string of the molecule is c1ccc(N2c3cc(-c4ccc5sc6ccccc6c5c4)cc(c3)N(c3ccccc3)c3cc4ccccc4c4c3sc3c2cccc34)cc1. The first-order chi connectivity index (χ1) is 24.8. The summed E-state index contributed by atoms with van der Waals surface area (Å²) in [5.41, 5.74) is 9.31. The zero-order valence-electron chi connectivity index (χ0n) is 26.9. The van der Waals surface area contributed by atoms with Gasteiger partial charge in [0.25, 0.3) is 0 Å². The predicted octanol–water partition coefficient (Wildman–Crippen LogP) is 14.5. The maximum atomic E-state index is 2.48. The van der Waals surface area contributed by atoms with E-state index in [1.54, 1.807) is 0 Å². The molecule has 4 bridgehead atoms. The van der Waals surface area contributed by atoms with Crippen LogP contribution in [0.15, 0.2) is 170 Å². The molecule has 0 radical (unpaired) electrons. The average Bonchev–Trinajstić information content (AvgIpc) is 3.75. The highest BCUT2D eigenvalue weighted by molar-refractivity contribution is 7.27. The number of thiophene rings is 2. The molecule has 50 heavy (non-hydrogen) atoms. The molecule has 2 nitrogen and oxygen atoms in total. The zero-order valence-corrected chi connectivity index (χ0v) is 28.5. The molecule has 8 aromatic carbocycles. The molecule has 10 aromatic rings. The molecule has 4 heteroatoms. The number of benzene rings is 8. The van der Waals surface area contributed by atoms with Gasteiger partial charge < -0.3 is 9.80 Å². The Bertz CT molecular complexity index is 2940. The lowest BCUT2D eigenvalue weighted by molar-refractivity contribution is 1.27. The van der Waals surface area contributed by atoms with E-state index < -0.39 is 0 Å². The van der Waals surface area contributed by atoms with Crippen molar-refractivity contribution in [2.45, 2.75) is 0 Å².